The van der Waals surface area contributed by atoms with Crippen molar-refractivity contribution < 1.29 is 9.47 Å². The Hall–Kier alpha value is -1.22. The lowest BCUT2D eigenvalue weighted by molar-refractivity contribution is 0.169. The van der Waals surface area contributed by atoms with Crippen LogP contribution in [0.4, 0.5) is 0 Å². The highest BCUT2D eigenvalue weighted by molar-refractivity contribution is 5.47. The number of para-hydroxylation sites is 1. The molecule has 76 valence electrons. The Balaban J connectivity index is 2.21. The summed E-state index contributed by atoms with van der Waals surface area (Å²) in [6, 6.07) is 6.01. The van der Waals surface area contributed by atoms with E-state index < -0.39 is 0 Å². The van der Waals surface area contributed by atoms with Crippen LogP contribution >= 0.6 is 0 Å². The largest absolute Gasteiger partial charge is 0.486 e. The van der Waals surface area contributed by atoms with E-state index in [2.05, 4.69) is 18.3 Å². The summed E-state index contributed by atoms with van der Waals surface area (Å²) in [5.74, 6) is 1.77. The average molecular weight is 193 g/mol. The molecule has 1 aliphatic heterocycles. The van der Waals surface area contributed by atoms with Gasteiger partial charge in [0.1, 0.15) is 13.2 Å². The van der Waals surface area contributed by atoms with Gasteiger partial charge in [-0.15, -0.1) is 0 Å². The van der Waals surface area contributed by atoms with Crippen molar-refractivity contribution in [1.82, 2.24) is 5.32 Å². The molecular formula is C11H15NO2. The number of fused-ring (bicyclic) bond motifs is 1. The van der Waals surface area contributed by atoms with E-state index in [4.69, 9.17) is 9.47 Å². The van der Waals surface area contributed by atoms with E-state index >= 15 is 0 Å². The van der Waals surface area contributed by atoms with Gasteiger partial charge >= 0.3 is 0 Å². The molecule has 0 fully saturated rings. The van der Waals surface area contributed by atoms with Gasteiger partial charge in [0.15, 0.2) is 11.5 Å². The molecule has 1 aromatic rings. The van der Waals surface area contributed by atoms with Gasteiger partial charge < -0.3 is 14.8 Å². The molecule has 3 nitrogen and oxygen atoms in total. The minimum Gasteiger partial charge on any atom is -0.486 e. The predicted octanol–water partition coefficient (Wildman–Crippen LogP) is 1.57. The van der Waals surface area contributed by atoms with Gasteiger partial charge in [-0.25, -0.2) is 0 Å². The maximum atomic E-state index is 5.59. The fraction of sp³-hybridized carbons (Fsp3) is 0.455. The van der Waals surface area contributed by atoms with E-state index in [9.17, 15) is 0 Å². The third kappa shape index (κ3) is 1.82. The van der Waals surface area contributed by atoms with Crippen LogP contribution in [0.15, 0.2) is 18.2 Å². The van der Waals surface area contributed by atoms with E-state index in [-0.39, 0.29) is 0 Å². The summed E-state index contributed by atoms with van der Waals surface area (Å²) in [4.78, 5) is 0. The molecule has 1 aromatic carbocycles. The number of nitrogens with one attached hydrogen (secondary N) is 1. The fourth-order valence-electron chi connectivity index (χ4n) is 1.53. The first-order valence-electron chi connectivity index (χ1n) is 5.00. The zero-order chi connectivity index (χ0) is 9.80. The van der Waals surface area contributed by atoms with Gasteiger partial charge in [-0.1, -0.05) is 19.1 Å². The Kier molecular flexibility index (Phi) is 2.89. The van der Waals surface area contributed by atoms with E-state index in [1.165, 1.54) is 5.56 Å². The second-order valence-electron chi connectivity index (χ2n) is 3.22. The number of ether oxygens (including phenoxy) is 2. The molecular weight excluding hydrogens is 178 g/mol. The van der Waals surface area contributed by atoms with Crippen LogP contribution in [0.2, 0.25) is 0 Å². The van der Waals surface area contributed by atoms with Gasteiger partial charge in [-0.05, 0) is 12.6 Å². The highest BCUT2D eigenvalue weighted by Gasteiger charge is 2.14. The first-order valence-corrected chi connectivity index (χ1v) is 5.00. The number of benzene rings is 1. The standard InChI is InChI=1S/C11H15NO2/c1-2-12-8-9-4-3-5-10-11(9)14-7-6-13-10/h3-5,12H,2,6-8H2,1H3. The van der Waals surface area contributed by atoms with Crippen molar-refractivity contribution in [2.24, 2.45) is 0 Å². The summed E-state index contributed by atoms with van der Waals surface area (Å²) < 4.78 is 11.1. The highest BCUT2D eigenvalue weighted by Crippen LogP contribution is 2.33. The third-order valence-electron chi connectivity index (χ3n) is 2.21. The van der Waals surface area contributed by atoms with Gasteiger partial charge in [0.2, 0.25) is 0 Å². The summed E-state index contributed by atoms with van der Waals surface area (Å²) >= 11 is 0. The molecule has 0 atom stereocenters. The van der Waals surface area contributed by atoms with Crippen LogP contribution in [-0.2, 0) is 6.54 Å². The highest BCUT2D eigenvalue weighted by atomic mass is 16.6. The van der Waals surface area contributed by atoms with Gasteiger partial charge in [0, 0.05) is 12.1 Å². The van der Waals surface area contributed by atoms with Gasteiger partial charge in [-0.3, -0.25) is 0 Å². The number of rotatable bonds is 3. The van der Waals surface area contributed by atoms with Crippen molar-refractivity contribution in [2.45, 2.75) is 13.5 Å². The van der Waals surface area contributed by atoms with E-state index in [1.807, 2.05) is 12.1 Å². The topological polar surface area (TPSA) is 30.5 Å². The third-order valence-corrected chi connectivity index (χ3v) is 2.21. The van der Waals surface area contributed by atoms with Crippen LogP contribution in [-0.4, -0.2) is 19.8 Å². The van der Waals surface area contributed by atoms with Crippen molar-refractivity contribution in [2.75, 3.05) is 19.8 Å². The smallest absolute Gasteiger partial charge is 0.165 e. The van der Waals surface area contributed by atoms with Gasteiger partial charge in [0.05, 0.1) is 0 Å². The molecule has 14 heavy (non-hydrogen) atoms. The summed E-state index contributed by atoms with van der Waals surface area (Å²) in [5, 5.41) is 3.28. The Morgan fingerprint density at radius 2 is 2.14 bits per heavy atom. The van der Waals surface area contributed by atoms with E-state index in [0.29, 0.717) is 13.2 Å². The molecule has 2 rings (SSSR count). The molecule has 0 saturated carbocycles. The zero-order valence-corrected chi connectivity index (χ0v) is 8.38. The summed E-state index contributed by atoms with van der Waals surface area (Å²) in [6.45, 7) is 5.19. The van der Waals surface area contributed by atoms with Crippen molar-refractivity contribution in [1.29, 1.82) is 0 Å². The molecule has 1 N–H and O–H groups in total. The van der Waals surface area contributed by atoms with E-state index in [0.717, 1.165) is 24.6 Å². The van der Waals surface area contributed by atoms with Crippen LogP contribution in [0, 0.1) is 0 Å². The SMILES string of the molecule is CCNCc1cccc2c1OCCO2. The molecule has 0 saturated heterocycles. The van der Waals surface area contributed by atoms with Crippen molar-refractivity contribution >= 4 is 0 Å². The second-order valence-corrected chi connectivity index (χ2v) is 3.22. The van der Waals surface area contributed by atoms with Crippen LogP contribution in [0.1, 0.15) is 12.5 Å². The fourth-order valence-corrected chi connectivity index (χ4v) is 1.53. The Labute approximate surface area is 84.0 Å². The predicted molar refractivity (Wildman–Crippen MR) is 54.8 cm³/mol. The van der Waals surface area contributed by atoms with Crippen LogP contribution in [0.3, 0.4) is 0 Å². The van der Waals surface area contributed by atoms with E-state index in [1.54, 1.807) is 0 Å². The Bertz CT molecular complexity index is 312. The molecule has 3 heteroatoms. The monoisotopic (exact) mass is 193 g/mol. The zero-order valence-electron chi connectivity index (χ0n) is 8.38. The quantitative estimate of drug-likeness (QED) is 0.790. The van der Waals surface area contributed by atoms with Crippen LogP contribution < -0.4 is 14.8 Å². The lowest BCUT2D eigenvalue weighted by atomic mass is 10.1. The Morgan fingerprint density at radius 3 is 3.00 bits per heavy atom. The first-order chi connectivity index (χ1) is 6.92. The number of hydrogen-bond donors (Lipinski definition) is 1. The van der Waals surface area contributed by atoms with Crippen molar-refractivity contribution in [3.63, 3.8) is 0 Å². The molecule has 0 aliphatic carbocycles. The maximum absolute atomic E-state index is 5.59. The Morgan fingerprint density at radius 1 is 1.29 bits per heavy atom. The van der Waals surface area contributed by atoms with Crippen LogP contribution in [0.25, 0.3) is 0 Å². The second kappa shape index (κ2) is 4.33. The number of hydrogen-bond acceptors (Lipinski definition) is 3. The minimum atomic E-state index is 0.649. The lowest BCUT2D eigenvalue weighted by Crippen LogP contribution is -2.19. The minimum absolute atomic E-state index is 0.649. The molecule has 1 aliphatic rings. The molecule has 0 radical (unpaired) electrons. The summed E-state index contributed by atoms with van der Waals surface area (Å²) in [5.41, 5.74) is 1.17. The average Bonchev–Trinajstić information content (AvgIpc) is 2.26. The molecule has 0 spiro atoms. The van der Waals surface area contributed by atoms with Crippen molar-refractivity contribution in [3.8, 4) is 11.5 Å². The molecule has 1 heterocycles. The van der Waals surface area contributed by atoms with Gasteiger partial charge in [0.25, 0.3) is 0 Å². The molecule has 0 aromatic heterocycles. The lowest BCUT2D eigenvalue weighted by Gasteiger charge is -2.20. The summed E-state index contributed by atoms with van der Waals surface area (Å²) in [6.07, 6.45) is 0. The normalized spacial score (nSPS) is 14.1. The van der Waals surface area contributed by atoms with Crippen molar-refractivity contribution in [3.05, 3.63) is 23.8 Å². The molecule has 0 bridgehead atoms. The first kappa shape index (κ1) is 9.34. The molecule has 0 amide bonds. The molecule has 0 unspecified atom stereocenters. The summed E-state index contributed by atoms with van der Waals surface area (Å²) in [7, 11) is 0. The van der Waals surface area contributed by atoms with Gasteiger partial charge in [-0.2, -0.15) is 0 Å². The maximum Gasteiger partial charge on any atom is 0.165 e. The van der Waals surface area contributed by atoms with Crippen LogP contribution in [0.5, 0.6) is 11.5 Å².